The van der Waals surface area contributed by atoms with Crippen molar-refractivity contribution in [2.75, 3.05) is 64.6 Å². The lowest BCUT2D eigenvalue weighted by Crippen LogP contribution is -2.44. The van der Waals surface area contributed by atoms with Crippen LogP contribution in [0.1, 0.15) is 18.4 Å². The summed E-state index contributed by atoms with van der Waals surface area (Å²) in [7, 11) is 1.78. The summed E-state index contributed by atoms with van der Waals surface area (Å²) in [4.78, 5) is 6.73. The van der Waals surface area contributed by atoms with Gasteiger partial charge < -0.3 is 30.1 Å². The van der Waals surface area contributed by atoms with Crippen molar-refractivity contribution in [3.63, 3.8) is 0 Å². The first-order valence-electron chi connectivity index (χ1n) is 9.80. The van der Waals surface area contributed by atoms with Gasteiger partial charge in [0.1, 0.15) is 0 Å². The zero-order chi connectivity index (χ0) is 19.0. The molecule has 7 nitrogen and oxygen atoms in total. The fraction of sp³-hybridized carbons (Fsp3) is 0.650. The van der Waals surface area contributed by atoms with Crippen molar-refractivity contribution in [2.45, 2.75) is 19.4 Å². The van der Waals surface area contributed by atoms with Crippen LogP contribution in [0, 0.1) is 5.41 Å². The molecule has 0 amide bonds. The van der Waals surface area contributed by atoms with E-state index in [4.69, 9.17) is 9.47 Å². The number of nitrogens with one attached hydrogen (secondary N) is 2. The summed E-state index contributed by atoms with van der Waals surface area (Å²) in [6.07, 6.45) is 1.72. The number of hydrogen-bond acceptors (Lipinski definition) is 5. The number of benzene rings is 1. The van der Waals surface area contributed by atoms with Crippen molar-refractivity contribution in [3.8, 4) is 0 Å². The number of aliphatic hydroxyl groups is 1. The molecule has 2 aliphatic rings. The number of para-hydroxylation sites is 1. The van der Waals surface area contributed by atoms with Crippen LogP contribution in [-0.4, -0.2) is 70.8 Å². The van der Waals surface area contributed by atoms with Crippen molar-refractivity contribution < 1.29 is 14.6 Å². The third kappa shape index (κ3) is 6.20. The van der Waals surface area contributed by atoms with Crippen LogP contribution in [0.15, 0.2) is 29.3 Å². The van der Waals surface area contributed by atoms with Gasteiger partial charge in [-0.15, -0.1) is 24.0 Å². The average molecular weight is 504 g/mol. The number of hydrogen-bond donors (Lipinski definition) is 3. The summed E-state index contributed by atoms with van der Waals surface area (Å²) in [5.74, 6) is 0.774. The van der Waals surface area contributed by atoms with Gasteiger partial charge in [-0.05, 0) is 24.5 Å². The Kier molecular flexibility index (Phi) is 9.76. The maximum Gasteiger partial charge on any atom is 0.191 e. The Balaban J connectivity index is 0.00000280. The van der Waals surface area contributed by atoms with Crippen molar-refractivity contribution >= 4 is 35.6 Å². The number of ether oxygens (including phenoxy) is 2. The van der Waals surface area contributed by atoms with Crippen LogP contribution in [0.2, 0.25) is 0 Å². The fourth-order valence-corrected chi connectivity index (χ4v) is 3.76. The quantitative estimate of drug-likeness (QED) is 0.298. The number of anilines is 1. The Morgan fingerprint density at radius 2 is 1.96 bits per heavy atom. The lowest BCUT2D eigenvalue weighted by atomic mass is 9.84. The summed E-state index contributed by atoms with van der Waals surface area (Å²) in [5, 5.41) is 16.2. The zero-order valence-electron chi connectivity index (χ0n) is 16.7. The standard InChI is InChI=1S/C20H32N4O3.HI/c1-21-19(23-15-20(6-10-25)7-11-27-16-20)22-14-17-4-2-3-5-18(17)24-8-12-26-13-9-24;/h2-5,25H,6-16H2,1H3,(H2,21,22,23);1H. The summed E-state index contributed by atoms with van der Waals surface area (Å²) in [5.41, 5.74) is 2.50. The minimum absolute atomic E-state index is 0. The molecule has 0 aromatic heterocycles. The first kappa shape index (κ1) is 23.2. The normalized spacial score (nSPS) is 22.6. The SMILES string of the molecule is CN=C(NCc1ccccc1N1CCOCC1)NCC1(CCO)CCOC1.I. The Hall–Kier alpha value is -1.10. The number of aliphatic imine (C=N–C) groups is 1. The number of halogens is 1. The Morgan fingerprint density at radius 1 is 1.18 bits per heavy atom. The van der Waals surface area contributed by atoms with Crippen molar-refractivity contribution in [3.05, 3.63) is 29.8 Å². The molecule has 0 bridgehead atoms. The summed E-state index contributed by atoms with van der Waals surface area (Å²) in [6.45, 7) is 6.50. The Labute approximate surface area is 184 Å². The number of nitrogens with zero attached hydrogens (tertiary/aromatic N) is 2. The van der Waals surface area contributed by atoms with Gasteiger partial charge in [0, 0.05) is 57.5 Å². The van der Waals surface area contributed by atoms with E-state index in [2.05, 4.69) is 44.8 Å². The molecule has 1 atom stereocenters. The van der Waals surface area contributed by atoms with E-state index >= 15 is 0 Å². The van der Waals surface area contributed by atoms with Gasteiger partial charge in [-0.3, -0.25) is 4.99 Å². The topological polar surface area (TPSA) is 78.4 Å². The molecule has 28 heavy (non-hydrogen) atoms. The van der Waals surface area contributed by atoms with Crippen LogP contribution < -0.4 is 15.5 Å². The molecular formula is C20H33IN4O3. The maximum absolute atomic E-state index is 9.38. The highest BCUT2D eigenvalue weighted by Crippen LogP contribution is 2.31. The molecule has 8 heteroatoms. The minimum atomic E-state index is -0.00191. The van der Waals surface area contributed by atoms with Crippen LogP contribution in [0.25, 0.3) is 0 Å². The number of guanidine groups is 1. The Morgan fingerprint density at radius 3 is 2.64 bits per heavy atom. The minimum Gasteiger partial charge on any atom is -0.396 e. The van der Waals surface area contributed by atoms with E-state index in [0.29, 0.717) is 13.2 Å². The van der Waals surface area contributed by atoms with E-state index in [1.165, 1.54) is 11.3 Å². The summed E-state index contributed by atoms with van der Waals surface area (Å²) >= 11 is 0. The number of rotatable bonds is 7. The largest absolute Gasteiger partial charge is 0.396 e. The third-order valence-corrected chi connectivity index (χ3v) is 5.47. The van der Waals surface area contributed by atoms with E-state index in [9.17, 15) is 5.11 Å². The van der Waals surface area contributed by atoms with Gasteiger partial charge in [-0.2, -0.15) is 0 Å². The molecule has 0 radical (unpaired) electrons. The molecule has 0 aliphatic carbocycles. The van der Waals surface area contributed by atoms with Crippen LogP contribution in [-0.2, 0) is 16.0 Å². The lowest BCUT2D eigenvalue weighted by Gasteiger charge is -2.31. The average Bonchev–Trinajstić information content (AvgIpc) is 3.18. The predicted octanol–water partition coefficient (Wildman–Crippen LogP) is 1.60. The van der Waals surface area contributed by atoms with Crippen molar-refractivity contribution in [1.82, 2.24) is 10.6 Å². The molecule has 2 aliphatic heterocycles. The second-order valence-electron chi connectivity index (χ2n) is 7.28. The molecule has 0 saturated carbocycles. The van der Waals surface area contributed by atoms with Crippen LogP contribution in [0.4, 0.5) is 5.69 Å². The van der Waals surface area contributed by atoms with E-state index in [1.54, 1.807) is 7.05 Å². The second kappa shape index (κ2) is 11.8. The lowest BCUT2D eigenvalue weighted by molar-refractivity contribution is 0.122. The number of morpholine rings is 1. The van der Waals surface area contributed by atoms with Crippen LogP contribution in [0.5, 0.6) is 0 Å². The molecular weight excluding hydrogens is 471 g/mol. The molecule has 3 rings (SSSR count). The molecule has 2 fully saturated rings. The van der Waals surface area contributed by atoms with E-state index in [-0.39, 0.29) is 36.0 Å². The molecule has 3 N–H and O–H groups in total. The van der Waals surface area contributed by atoms with Gasteiger partial charge >= 0.3 is 0 Å². The van der Waals surface area contributed by atoms with Crippen LogP contribution >= 0.6 is 24.0 Å². The molecule has 2 saturated heterocycles. The second-order valence-corrected chi connectivity index (χ2v) is 7.28. The first-order valence-corrected chi connectivity index (χ1v) is 9.80. The molecule has 158 valence electrons. The van der Waals surface area contributed by atoms with Gasteiger partial charge in [0.05, 0.1) is 19.8 Å². The molecule has 1 aromatic rings. The van der Waals surface area contributed by atoms with Crippen LogP contribution in [0.3, 0.4) is 0 Å². The van der Waals surface area contributed by atoms with Gasteiger partial charge in [0.2, 0.25) is 0 Å². The van der Waals surface area contributed by atoms with Crippen molar-refractivity contribution in [2.24, 2.45) is 10.4 Å². The predicted molar refractivity (Wildman–Crippen MR) is 123 cm³/mol. The Bertz CT molecular complexity index is 617. The van der Waals surface area contributed by atoms with Gasteiger partial charge in [-0.25, -0.2) is 0 Å². The molecule has 1 aromatic carbocycles. The fourth-order valence-electron chi connectivity index (χ4n) is 3.76. The van der Waals surface area contributed by atoms with Crippen molar-refractivity contribution in [1.29, 1.82) is 0 Å². The highest BCUT2D eigenvalue weighted by Gasteiger charge is 2.34. The smallest absolute Gasteiger partial charge is 0.191 e. The highest BCUT2D eigenvalue weighted by atomic mass is 127. The van der Waals surface area contributed by atoms with Gasteiger partial charge in [-0.1, -0.05) is 18.2 Å². The maximum atomic E-state index is 9.38. The van der Waals surface area contributed by atoms with E-state index < -0.39 is 0 Å². The van der Waals surface area contributed by atoms with Gasteiger partial charge in [0.25, 0.3) is 0 Å². The first-order chi connectivity index (χ1) is 13.3. The summed E-state index contributed by atoms with van der Waals surface area (Å²) in [6, 6.07) is 8.48. The summed E-state index contributed by atoms with van der Waals surface area (Å²) < 4.78 is 11.0. The molecule has 0 spiro atoms. The van der Waals surface area contributed by atoms with E-state index in [0.717, 1.165) is 58.3 Å². The van der Waals surface area contributed by atoms with E-state index in [1.807, 2.05) is 0 Å². The van der Waals surface area contributed by atoms with Gasteiger partial charge in [0.15, 0.2) is 5.96 Å². The molecule has 2 heterocycles. The zero-order valence-corrected chi connectivity index (χ0v) is 19.0. The third-order valence-electron chi connectivity index (χ3n) is 5.47. The monoisotopic (exact) mass is 504 g/mol. The molecule has 1 unspecified atom stereocenters. The highest BCUT2D eigenvalue weighted by molar-refractivity contribution is 14.0. The number of aliphatic hydroxyl groups excluding tert-OH is 1.